The van der Waals surface area contributed by atoms with E-state index in [1.54, 1.807) is 7.11 Å². The topological polar surface area (TPSA) is 36.3 Å². The van der Waals surface area contributed by atoms with E-state index in [9.17, 15) is 0 Å². The summed E-state index contributed by atoms with van der Waals surface area (Å²) >= 11 is 0. The highest BCUT2D eigenvalue weighted by atomic mass is 16.5. The maximum Gasteiger partial charge on any atom is 0.0991 e. The molecule has 1 saturated heterocycles. The van der Waals surface area contributed by atoms with Crippen LogP contribution in [0.25, 0.3) is 0 Å². The van der Waals surface area contributed by atoms with Gasteiger partial charge in [-0.05, 0) is 44.0 Å². The van der Waals surface area contributed by atoms with Crippen molar-refractivity contribution < 1.29 is 4.74 Å². The van der Waals surface area contributed by atoms with Gasteiger partial charge in [0.1, 0.15) is 0 Å². The molecule has 0 amide bonds. The number of ether oxygens (including phenoxy) is 1. The Labute approximate surface area is 109 Å². The number of hydrogen-bond donors (Lipinski definition) is 0. The first-order valence-electron chi connectivity index (χ1n) is 6.42. The minimum atomic E-state index is -0.0227. The molecule has 0 radical (unpaired) electrons. The van der Waals surface area contributed by atoms with E-state index in [1.165, 1.54) is 12.0 Å². The summed E-state index contributed by atoms with van der Waals surface area (Å²) in [6.45, 7) is 5.13. The quantitative estimate of drug-likeness (QED) is 0.820. The van der Waals surface area contributed by atoms with Crippen molar-refractivity contribution in [2.75, 3.05) is 20.2 Å². The van der Waals surface area contributed by atoms with Gasteiger partial charge in [0.2, 0.25) is 0 Å². The summed E-state index contributed by atoms with van der Waals surface area (Å²) in [4.78, 5) is 2.41. The first kappa shape index (κ1) is 13.1. The number of piperidine rings is 1. The molecule has 1 heterocycles. The lowest BCUT2D eigenvalue weighted by Crippen LogP contribution is -2.46. The summed E-state index contributed by atoms with van der Waals surface area (Å²) in [6, 6.07) is 10.0. The molecule has 0 aromatic heterocycles. The van der Waals surface area contributed by atoms with E-state index in [-0.39, 0.29) is 5.60 Å². The molecule has 1 atom stereocenters. The van der Waals surface area contributed by atoms with Crippen molar-refractivity contribution in [1.29, 1.82) is 5.26 Å². The number of nitrogens with zero attached hydrogens (tertiary/aromatic N) is 2. The monoisotopic (exact) mass is 244 g/mol. The molecule has 1 aliphatic heterocycles. The smallest absolute Gasteiger partial charge is 0.0991 e. The Kier molecular flexibility index (Phi) is 4.00. The van der Waals surface area contributed by atoms with Crippen LogP contribution >= 0.6 is 0 Å². The molecule has 1 unspecified atom stereocenters. The minimum absolute atomic E-state index is 0.0227. The molecule has 3 nitrogen and oxygen atoms in total. The lowest BCUT2D eigenvalue weighted by Gasteiger charge is -2.39. The van der Waals surface area contributed by atoms with E-state index >= 15 is 0 Å². The SMILES string of the molecule is COC1(C)CCCN(Cc2cccc(C#N)c2)C1. The Morgan fingerprint density at radius 2 is 2.33 bits per heavy atom. The van der Waals surface area contributed by atoms with E-state index in [1.807, 2.05) is 18.2 Å². The van der Waals surface area contributed by atoms with Crippen molar-refractivity contribution in [1.82, 2.24) is 4.90 Å². The predicted molar refractivity (Wildman–Crippen MR) is 71.1 cm³/mol. The van der Waals surface area contributed by atoms with Gasteiger partial charge >= 0.3 is 0 Å². The zero-order valence-corrected chi connectivity index (χ0v) is 11.1. The highest BCUT2D eigenvalue weighted by molar-refractivity contribution is 5.32. The fraction of sp³-hybridized carbons (Fsp3) is 0.533. The summed E-state index contributed by atoms with van der Waals surface area (Å²) in [5, 5.41) is 8.91. The molecule has 1 aliphatic rings. The van der Waals surface area contributed by atoms with Gasteiger partial charge < -0.3 is 4.74 Å². The maximum absolute atomic E-state index is 8.91. The molecule has 2 rings (SSSR count). The zero-order chi connectivity index (χ0) is 13.0. The van der Waals surface area contributed by atoms with Crippen molar-refractivity contribution in [3.8, 4) is 6.07 Å². The van der Waals surface area contributed by atoms with Crippen LogP contribution in [0.3, 0.4) is 0 Å². The number of benzene rings is 1. The molecule has 0 aliphatic carbocycles. The maximum atomic E-state index is 8.91. The van der Waals surface area contributed by atoms with Gasteiger partial charge in [0.05, 0.1) is 17.2 Å². The summed E-state index contributed by atoms with van der Waals surface area (Å²) in [7, 11) is 1.79. The van der Waals surface area contributed by atoms with E-state index in [0.29, 0.717) is 0 Å². The number of likely N-dealkylation sites (tertiary alicyclic amines) is 1. The normalized spacial score (nSPS) is 24.7. The zero-order valence-electron chi connectivity index (χ0n) is 11.1. The summed E-state index contributed by atoms with van der Waals surface area (Å²) in [5.41, 5.74) is 1.92. The highest BCUT2D eigenvalue weighted by Crippen LogP contribution is 2.25. The predicted octanol–water partition coefficient (Wildman–Crippen LogP) is 2.56. The van der Waals surface area contributed by atoms with Gasteiger partial charge in [0.25, 0.3) is 0 Å². The second kappa shape index (κ2) is 5.51. The molecule has 3 heteroatoms. The summed E-state index contributed by atoms with van der Waals surface area (Å²) in [6.07, 6.45) is 2.29. The molecular weight excluding hydrogens is 224 g/mol. The standard InChI is InChI=1S/C15H20N2O/c1-15(18-2)7-4-8-17(12-15)11-14-6-3-5-13(9-14)10-16/h3,5-6,9H,4,7-8,11-12H2,1-2H3. The molecule has 96 valence electrons. The lowest BCUT2D eigenvalue weighted by molar-refractivity contribution is -0.0527. The first-order chi connectivity index (χ1) is 8.65. The fourth-order valence-corrected chi connectivity index (χ4v) is 2.61. The highest BCUT2D eigenvalue weighted by Gasteiger charge is 2.30. The average Bonchev–Trinajstić information content (AvgIpc) is 2.39. The number of hydrogen-bond acceptors (Lipinski definition) is 3. The van der Waals surface area contributed by atoms with E-state index in [0.717, 1.165) is 31.6 Å². The largest absolute Gasteiger partial charge is 0.377 e. The van der Waals surface area contributed by atoms with Gasteiger partial charge in [-0.25, -0.2) is 0 Å². The molecule has 0 spiro atoms. The van der Waals surface area contributed by atoms with Crippen molar-refractivity contribution in [2.45, 2.75) is 31.9 Å². The van der Waals surface area contributed by atoms with Crippen LogP contribution in [0, 0.1) is 11.3 Å². The number of nitriles is 1. The molecule has 1 aromatic carbocycles. The van der Waals surface area contributed by atoms with Crippen molar-refractivity contribution in [2.24, 2.45) is 0 Å². The van der Waals surface area contributed by atoms with Gasteiger partial charge in [-0.15, -0.1) is 0 Å². The summed E-state index contributed by atoms with van der Waals surface area (Å²) in [5.74, 6) is 0. The van der Waals surface area contributed by atoms with Crippen LogP contribution in [-0.2, 0) is 11.3 Å². The van der Waals surface area contributed by atoms with Gasteiger partial charge in [-0.1, -0.05) is 12.1 Å². The molecular formula is C15H20N2O. The van der Waals surface area contributed by atoms with Crippen molar-refractivity contribution >= 4 is 0 Å². The number of rotatable bonds is 3. The Bertz CT molecular complexity index is 452. The van der Waals surface area contributed by atoms with E-state index < -0.39 is 0 Å². The second-order valence-corrected chi connectivity index (χ2v) is 5.28. The Morgan fingerprint density at radius 1 is 1.50 bits per heavy atom. The lowest BCUT2D eigenvalue weighted by atomic mass is 9.94. The average molecular weight is 244 g/mol. The first-order valence-corrected chi connectivity index (χ1v) is 6.42. The molecule has 1 aromatic rings. The van der Waals surface area contributed by atoms with Gasteiger partial charge in [0, 0.05) is 20.2 Å². The fourth-order valence-electron chi connectivity index (χ4n) is 2.61. The molecule has 1 fully saturated rings. The van der Waals surface area contributed by atoms with Gasteiger partial charge in [0.15, 0.2) is 0 Å². The third-order valence-corrected chi connectivity index (χ3v) is 3.69. The van der Waals surface area contributed by atoms with Gasteiger partial charge in [-0.3, -0.25) is 4.90 Å². The van der Waals surface area contributed by atoms with Crippen LogP contribution in [0.5, 0.6) is 0 Å². The van der Waals surface area contributed by atoms with Crippen molar-refractivity contribution in [3.05, 3.63) is 35.4 Å². The van der Waals surface area contributed by atoms with Crippen LogP contribution < -0.4 is 0 Å². The molecule has 0 bridgehead atoms. The van der Waals surface area contributed by atoms with E-state index in [4.69, 9.17) is 10.00 Å². The summed E-state index contributed by atoms with van der Waals surface area (Å²) < 4.78 is 5.60. The van der Waals surface area contributed by atoms with Crippen molar-refractivity contribution in [3.63, 3.8) is 0 Å². The third-order valence-electron chi connectivity index (χ3n) is 3.69. The Balaban J connectivity index is 2.03. The third kappa shape index (κ3) is 3.10. The van der Waals surface area contributed by atoms with Crippen LogP contribution in [0.1, 0.15) is 30.9 Å². The second-order valence-electron chi connectivity index (χ2n) is 5.28. The molecule has 18 heavy (non-hydrogen) atoms. The molecule has 0 saturated carbocycles. The van der Waals surface area contributed by atoms with E-state index in [2.05, 4.69) is 24.0 Å². The van der Waals surface area contributed by atoms with Crippen LogP contribution in [0.4, 0.5) is 0 Å². The van der Waals surface area contributed by atoms with Gasteiger partial charge in [-0.2, -0.15) is 5.26 Å². The molecule has 0 N–H and O–H groups in total. The van der Waals surface area contributed by atoms with Crippen LogP contribution in [-0.4, -0.2) is 30.7 Å². The van der Waals surface area contributed by atoms with Crippen LogP contribution in [0.2, 0.25) is 0 Å². The Hall–Kier alpha value is -1.37. The number of methoxy groups -OCH3 is 1. The minimum Gasteiger partial charge on any atom is -0.377 e. The Morgan fingerprint density at radius 3 is 3.06 bits per heavy atom. The van der Waals surface area contributed by atoms with Crippen LogP contribution in [0.15, 0.2) is 24.3 Å².